The molecule has 4 bridgehead atoms. The summed E-state index contributed by atoms with van der Waals surface area (Å²) in [6.07, 6.45) is 10.4. The van der Waals surface area contributed by atoms with E-state index in [1.807, 2.05) is 0 Å². The minimum absolute atomic E-state index is 0. The van der Waals surface area contributed by atoms with E-state index in [0.29, 0.717) is 5.41 Å². The highest BCUT2D eigenvalue weighted by molar-refractivity contribution is 5.85. The first-order valence-corrected chi connectivity index (χ1v) is 9.00. The molecule has 0 amide bonds. The highest BCUT2D eigenvalue weighted by Crippen LogP contribution is 2.67. The van der Waals surface area contributed by atoms with Gasteiger partial charge in [-0.15, -0.1) is 12.4 Å². The van der Waals surface area contributed by atoms with Crippen molar-refractivity contribution in [2.45, 2.75) is 50.9 Å². The standard InChI is InChI=1S/C20H29N.ClH/c1-21-9-5-8-20-13-15-10-16(14-20)12-18(11-15)19(20)17-6-3-2-4-7-17;/h2-4,6-7,15-16,18-19,21H,5,8-14H2,1H3;1H. The monoisotopic (exact) mass is 319 g/mol. The Balaban J connectivity index is 0.00000144. The molecule has 0 radical (unpaired) electrons. The van der Waals surface area contributed by atoms with Crippen molar-refractivity contribution < 1.29 is 0 Å². The van der Waals surface area contributed by atoms with Crippen LogP contribution in [0.25, 0.3) is 0 Å². The van der Waals surface area contributed by atoms with Gasteiger partial charge in [-0.1, -0.05) is 30.3 Å². The average molecular weight is 320 g/mol. The normalized spacial score (nSPS) is 38.8. The first-order chi connectivity index (χ1) is 10.3. The number of hydrogen-bond donors (Lipinski definition) is 1. The van der Waals surface area contributed by atoms with Crippen LogP contribution in [-0.4, -0.2) is 13.6 Å². The maximum Gasteiger partial charge on any atom is -0.00517 e. The fourth-order valence-corrected chi connectivity index (χ4v) is 6.47. The minimum atomic E-state index is 0. The summed E-state index contributed by atoms with van der Waals surface area (Å²) in [5, 5.41) is 3.35. The fraction of sp³-hybridized carbons (Fsp3) is 0.700. The van der Waals surface area contributed by atoms with Crippen LogP contribution < -0.4 is 5.32 Å². The first-order valence-electron chi connectivity index (χ1n) is 9.00. The van der Waals surface area contributed by atoms with Crippen LogP contribution in [0.2, 0.25) is 0 Å². The van der Waals surface area contributed by atoms with Gasteiger partial charge in [0.2, 0.25) is 0 Å². The zero-order chi connectivity index (χ0) is 14.3. The first kappa shape index (κ1) is 16.3. The third-order valence-corrected chi connectivity index (χ3v) is 6.72. The summed E-state index contributed by atoms with van der Waals surface area (Å²) in [7, 11) is 2.09. The number of nitrogens with one attached hydrogen (secondary N) is 1. The van der Waals surface area contributed by atoms with Gasteiger partial charge in [-0.3, -0.25) is 0 Å². The summed E-state index contributed by atoms with van der Waals surface area (Å²) in [6.45, 7) is 1.18. The smallest absolute Gasteiger partial charge is 0.00517 e. The molecule has 1 aromatic rings. The van der Waals surface area contributed by atoms with Gasteiger partial charge in [0.15, 0.2) is 0 Å². The molecule has 4 aliphatic carbocycles. The fourth-order valence-electron chi connectivity index (χ4n) is 6.47. The summed E-state index contributed by atoms with van der Waals surface area (Å²) in [5.41, 5.74) is 2.28. The Morgan fingerprint density at radius 1 is 1.05 bits per heavy atom. The highest BCUT2D eigenvalue weighted by atomic mass is 35.5. The van der Waals surface area contributed by atoms with Crippen LogP contribution in [0.15, 0.2) is 30.3 Å². The van der Waals surface area contributed by atoms with Gasteiger partial charge in [0.1, 0.15) is 0 Å². The van der Waals surface area contributed by atoms with E-state index in [9.17, 15) is 0 Å². The van der Waals surface area contributed by atoms with Crippen molar-refractivity contribution in [3.63, 3.8) is 0 Å². The zero-order valence-electron chi connectivity index (χ0n) is 13.8. The van der Waals surface area contributed by atoms with Gasteiger partial charge in [0, 0.05) is 0 Å². The molecule has 4 fully saturated rings. The molecule has 1 N–H and O–H groups in total. The largest absolute Gasteiger partial charge is 0.320 e. The Bertz CT molecular complexity index is 472. The molecule has 0 spiro atoms. The molecule has 5 rings (SSSR count). The number of hydrogen-bond acceptors (Lipinski definition) is 1. The highest BCUT2D eigenvalue weighted by Gasteiger charge is 2.56. The second-order valence-electron chi connectivity index (χ2n) is 8.07. The molecule has 22 heavy (non-hydrogen) atoms. The van der Waals surface area contributed by atoms with Gasteiger partial charge in [0.05, 0.1) is 0 Å². The van der Waals surface area contributed by atoms with Crippen LogP contribution >= 0.6 is 12.4 Å². The molecule has 3 atom stereocenters. The minimum Gasteiger partial charge on any atom is -0.320 e. The molecule has 2 heteroatoms. The van der Waals surface area contributed by atoms with Gasteiger partial charge in [-0.2, -0.15) is 0 Å². The molecule has 1 aromatic carbocycles. The van der Waals surface area contributed by atoms with E-state index in [4.69, 9.17) is 0 Å². The van der Waals surface area contributed by atoms with Crippen LogP contribution in [0, 0.1) is 23.2 Å². The molecular formula is C20H30ClN. The number of rotatable bonds is 5. The van der Waals surface area contributed by atoms with E-state index in [1.54, 1.807) is 12.0 Å². The Hall–Kier alpha value is -0.530. The summed E-state index contributed by atoms with van der Waals surface area (Å²) >= 11 is 0. The predicted octanol–water partition coefficient (Wildman–Crippen LogP) is 5.02. The molecule has 0 aliphatic heterocycles. The maximum absolute atomic E-state index is 3.35. The molecule has 3 unspecified atom stereocenters. The van der Waals surface area contributed by atoms with Crippen LogP contribution in [0.3, 0.4) is 0 Å². The summed E-state index contributed by atoms with van der Waals surface area (Å²) in [5.74, 6) is 3.94. The molecule has 0 aromatic heterocycles. The van der Waals surface area contributed by atoms with E-state index >= 15 is 0 Å². The quantitative estimate of drug-likeness (QED) is 0.752. The molecule has 4 aliphatic rings. The van der Waals surface area contributed by atoms with E-state index < -0.39 is 0 Å². The van der Waals surface area contributed by atoms with Crippen molar-refractivity contribution in [3.8, 4) is 0 Å². The average Bonchev–Trinajstić information content (AvgIpc) is 2.47. The van der Waals surface area contributed by atoms with E-state index in [1.165, 1.54) is 45.1 Å². The SMILES string of the molecule is CNCCCC12CC3CC(CC(C3)C1c1ccccc1)C2.Cl. The molecule has 0 saturated heterocycles. The second kappa shape index (κ2) is 6.53. The zero-order valence-corrected chi connectivity index (χ0v) is 14.6. The lowest BCUT2D eigenvalue weighted by atomic mass is 9.43. The lowest BCUT2D eigenvalue weighted by Crippen LogP contribution is -2.51. The van der Waals surface area contributed by atoms with Gasteiger partial charge < -0.3 is 5.32 Å². The van der Waals surface area contributed by atoms with E-state index in [-0.39, 0.29) is 12.4 Å². The Morgan fingerprint density at radius 2 is 1.73 bits per heavy atom. The molecule has 0 heterocycles. The molecular weight excluding hydrogens is 290 g/mol. The lowest BCUT2D eigenvalue weighted by Gasteiger charge is -2.62. The van der Waals surface area contributed by atoms with Gasteiger partial charge in [-0.25, -0.2) is 0 Å². The molecule has 122 valence electrons. The van der Waals surface area contributed by atoms with Crippen molar-refractivity contribution >= 4 is 12.4 Å². The van der Waals surface area contributed by atoms with Crippen LogP contribution in [-0.2, 0) is 0 Å². The Labute approximate surface area is 141 Å². The van der Waals surface area contributed by atoms with Crippen molar-refractivity contribution in [2.24, 2.45) is 23.2 Å². The van der Waals surface area contributed by atoms with Crippen molar-refractivity contribution in [1.82, 2.24) is 5.32 Å². The summed E-state index contributed by atoms with van der Waals surface area (Å²) in [4.78, 5) is 0. The third kappa shape index (κ3) is 2.71. The van der Waals surface area contributed by atoms with E-state index in [0.717, 1.165) is 23.7 Å². The third-order valence-electron chi connectivity index (χ3n) is 6.72. The van der Waals surface area contributed by atoms with Crippen molar-refractivity contribution in [3.05, 3.63) is 35.9 Å². The summed E-state index contributed by atoms with van der Waals surface area (Å²) < 4.78 is 0. The molecule has 4 saturated carbocycles. The number of benzene rings is 1. The van der Waals surface area contributed by atoms with Crippen molar-refractivity contribution in [1.29, 1.82) is 0 Å². The summed E-state index contributed by atoms with van der Waals surface area (Å²) in [6, 6.07) is 11.5. The topological polar surface area (TPSA) is 12.0 Å². The van der Waals surface area contributed by atoms with Crippen LogP contribution in [0.5, 0.6) is 0 Å². The second-order valence-corrected chi connectivity index (χ2v) is 8.07. The van der Waals surface area contributed by atoms with Gasteiger partial charge in [-0.05, 0) is 93.2 Å². The predicted molar refractivity (Wildman–Crippen MR) is 95.6 cm³/mol. The van der Waals surface area contributed by atoms with Crippen molar-refractivity contribution in [2.75, 3.05) is 13.6 Å². The van der Waals surface area contributed by atoms with Gasteiger partial charge in [0.25, 0.3) is 0 Å². The van der Waals surface area contributed by atoms with E-state index in [2.05, 4.69) is 42.7 Å². The van der Waals surface area contributed by atoms with Crippen LogP contribution in [0.1, 0.15) is 56.4 Å². The van der Waals surface area contributed by atoms with Crippen LogP contribution in [0.4, 0.5) is 0 Å². The van der Waals surface area contributed by atoms with Gasteiger partial charge >= 0.3 is 0 Å². The Morgan fingerprint density at radius 3 is 2.36 bits per heavy atom. The molecule has 1 nitrogen and oxygen atoms in total. The maximum atomic E-state index is 3.35. The number of halogens is 1. The lowest BCUT2D eigenvalue weighted by molar-refractivity contribution is -0.0807. The Kier molecular flexibility index (Phi) is 4.85.